The fourth-order valence-corrected chi connectivity index (χ4v) is 5.09. The second-order valence-corrected chi connectivity index (χ2v) is 9.67. The summed E-state index contributed by atoms with van der Waals surface area (Å²) < 4.78 is 24.1. The number of hydrogen-bond acceptors (Lipinski definition) is 7. The average molecular weight is 487 g/mol. The Hall–Kier alpha value is -2.62. The Balaban J connectivity index is 1.54. The minimum Gasteiger partial charge on any atom is -0.463 e. The third-order valence-electron chi connectivity index (χ3n) is 6.02. The first kappa shape index (κ1) is 24.5. The maximum atomic E-state index is 13.2. The van der Waals surface area contributed by atoms with Gasteiger partial charge in [-0.3, -0.25) is 4.79 Å². The van der Waals surface area contributed by atoms with Crippen molar-refractivity contribution >= 4 is 17.3 Å². The number of carbonyl (C=O) groups excluding carboxylic acids is 1. The predicted molar refractivity (Wildman–Crippen MR) is 126 cm³/mol. The number of halogens is 1. The van der Waals surface area contributed by atoms with Gasteiger partial charge in [-0.25, -0.2) is 4.39 Å². The Morgan fingerprint density at radius 2 is 1.76 bits per heavy atom. The van der Waals surface area contributed by atoms with Crippen LogP contribution in [-0.2, 0) is 20.7 Å². The number of hydrogen-bond donors (Lipinski definition) is 3. The van der Waals surface area contributed by atoms with E-state index in [0.29, 0.717) is 12.0 Å². The van der Waals surface area contributed by atoms with Crippen LogP contribution >= 0.6 is 11.3 Å². The van der Waals surface area contributed by atoms with Crippen molar-refractivity contribution in [1.29, 1.82) is 0 Å². The number of ether oxygens (including phenoxy) is 2. The third-order valence-corrected chi connectivity index (χ3v) is 7.15. The standard InChI is InChI=1S/C26H27FO6S/c1-14-3-4-17(26-25(31)24(30)23(29)21(33-26)13-32-15(2)28)11-18(14)12-20-9-10-22(34-20)16-5-7-19(27)8-6-16/h3-11,21,23-26,29-31H,12-13H2,1-2H3/t21-,23-,24+,25-,26?/m1/s1. The monoisotopic (exact) mass is 486 g/mol. The fraction of sp³-hybridized carbons (Fsp3) is 0.346. The van der Waals surface area contributed by atoms with Gasteiger partial charge in [0.15, 0.2) is 0 Å². The number of thiophene rings is 1. The van der Waals surface area contributed by atoms with Crippen molar-refractivity contribution in [3.63, 3.8) is 0 Å². The summed E-state index contributed by atoms with van der Waals surface area (Å²) in [7, 11) is 0. The van der Waals surface area contributed by atoms with Crippen LogP contribution < -0.4 is 0 Å². The van der Waals surface area contributed by atoms with E-state index < -0.39 is 36.5 Å². The van der Waals surface area contributed by atoms with Gasteiger partial charge in [0.05, 0.1) is 0 Å². The molecular formula is C26H27FO6S. The highest BCUT2D eigenvalue weighted by Gasteiger charge is 2.44. The maximum Gasteiger partial charge on any atom is 0.302 e. The topological polar surface area (TPSA) is 96.2 Å². The van der Waals surface area contributed by atoms with E-state index in [1.807, 2.05) is 37.3 Å². The summed E-state index contributed by atoms with van der Waals surface area (Å²) in [6, 6.07) is 16.1. The second-order valence-electron chi connectivity index (χ2n) is 8.51. The van der Waals surface area contributed by atoms with Gasteiger partial charge >= 0.3 is 5.97 Å². The lowest BCUT2D eigenvalue weighted by Gasteiger charge is -2.40. The van der Waals surface area contributed by atoms with Crippen molar-refractivity contribution in [3.05, 3.63) is 82.0 Å². The molecule has 0 bridgehead atoms. The summed E-state index contributed by atoms with van der Waals surface area (Å²) in [5, 5.41) is 31.2. The molecule has 0 aliphatic carbocycles. The number of aliphatic hydroxyl groups is 3. The predicted octanol–water partition coefficient (Wildman–Crippen LogP) is 3.54. The van der Waals surface area contributed by atoms with Gasteiger partial charge in [0, 0.05) is 23.1 Å². The molecule has 1 unspecified atom stereocenters. The van der Waals surface area contributed by atoms with Crippen molar-refractivity contribution < 1.29 is 34.0 Å². The quantitative estimate of drug-likeness (QED) is 0.462. The Kier molecular flexibility index (Phi) is 7.45. The third kappa shape index (κ3) is 5.37. The fourth-order valence-electron chi connectivity index (χ4n) is 4.05. The van der Waals surface area contributed by atoms with E-state index in [1.54, 1.807) is 23.5 Å². The Bertz CT molecular complexity index is 1140. The minimum absolute atomic E-state index is 0.225. The summed E-state index contributed by atoms with van der Waals surface area (Å²) in [6.07, 6.45) is -5.38. The van der Waals surface area contributed by atoms with Crippen LogP contribution in [0.1, 0.15) is 34.6 Å². The number of rotatable bonds is 6. The smallest absolute Gasteiger partial charge is 0.302 e. The first-order valence-electron chi connectivity index (χ1n) is 11.0. The molecule has 0 spiro atoms. The van der Waals surface area contributed by atoms with Crippen LogP contribution in [0.5, 0.6) is 0 Å². The highest BCUT2D eigenvalue weighted by Crippen LogP contribution is 2.35. The zero-order valence-corrected chi connectivity index (χ0v) is 19.7. The SMILES string of the molecule is CC(=O)OC[C@H]1OC(c2ccc(C)c(Cc3ccc(-c4ccc(F)cc4)s3)c2)[C@H](O)[C@@H](O)[C@@H]1O. The molecular weight excluding hydrogens is 459 g/mol. The summed E-state index contributed by atoms with van der Waals surface area (Å²) in [4.78, 5) is 13.3. The lowest BCUT2D eigenvalue weighted by Crippen LogP contribution is -2.55. The number of benzene rings is 2. The van der Waals surface area contributed by atoms with E-state index in [9.17, 15) is 24.5 Å². The van der Waals surface area contributed by atoms with Gasteiger partial charge in [0.25, 0.3) is 0 Å². The van der Waals surface area contributed by atoms with Gasteiger partial charge in [-0.2, -0.15) is 0 Å². The molecule has 1 fully saturated rings. The first-order valence-corrected chi connectivity index (χ1v) is 11.8. The van der Waals surface area contributed by atoms with Gasteiger partial charge in [-0.05, 0) is 53.4 Å². The molecule has 3 N–H and O–H groups in total. The lowest BCUT2D eigenvalue weighted by atomic mass is 9.89. The molecule has 8 heteroatoms. The normalized spacial score (nSPS) is 24.7. The molecule has 1 saturated heterocycles. The van der Waals surface area contributed by atoms with Crippen LogP contribution in [-0.4, -0.2) is 52.3 Å². The van der Waals surface area contributed by atoms with Crippen LogP contribution in [0.25, 0.3) is 10.4 Å². The molecule has 6 nitrogen and oxygen atoms in total. The molecule has 2 heterocycles. The van der Waals surface area contributed by atoms with Gasteiger partial charge in [-0.15, -0.1) is 11.3 Å². The Morgan fingerprint density at radius 1 is 1.03 bits per heavy atom. The average Bonchev–Trinajstić information content (AvgIpc) is 3.27. The van der Waals surface area contributed by atoms with Crippen LogP contribution in [0.2, 0.25) is 0 Å². The van der Waals surface area contributed by atoms with E-state index in [0.717, 1.165) is 26.4 Å². The van der Waals surface area contributed by atoms with Crippen LogP contribution in [0, 0.1) is 12.7 Å². The molecule has 180 valence electrons. The number of esters is 1. The molecule has 1 aliphatic heterocycles. The molecule has 2 aromatic carbocycles. The first-order chi connectivity index (χ1) is 16.2. The molecule has 4 rings (SSSR count). The molecule has 0 amide bonds. The van der Waals surface area contributed by atoms with E-state index in [1.165, 1.54) is 19.1 Å². The zero-order valence-electron chi connectivity index (χ0n) is 18.8. The van der Waals surface area contributed by atoms with E-state index in [2.05, 4.69) is 0 Å². The number of aliphatic hydroxyl groups excluding tert-OH is 3. The molecule has 0 saturated carbocycles. The van der Waals surface area contributed by atoms with Crippen molar-refractivity contribution in [3.8, 4) is 10.4 Å². The molecule has 1 aliphatic rings. The number of carbonyl (C=O) groups is 1. The van der Waals surface area contributed by atoms with Gasteiger partial charge in [0.2, 0.25) is 0 Å². The minimum atomic E-state index is -1.44. The van der Waals surface area contributed by atoms with Crippen LogP contribution in [0.3, 0.4) is 0 Å². The molecule has 0 radical (unpaired) electrons. The van der Waals surface area contributed by atoms with E-state index >= 15 is 0 Å². The lowest BCUT2D eigenvalue weighted by molar-refractivity contribution is -0.234. The van der Waals surface area contributed by atoms with E-state index in [4.69, 9.17) is 9.47 Å². The number of aryl methyl sites for hydroxylation is 1. The highest BCUT2D eigenvalue weighted by molar-refractivity contribution is 7.15. The van der Waals surface area contributed by atoms with Crippen LogP contribution in [0.15, 0.2) is 54.6 Å². The Labute approximate surface area is 201 Å². The largest absolute Gasteiger partial charge is 0.463 e. The zero-order chi connectivity index (χ0) is 24.4. The highest BCUT2D eigenvalue weighted by atomic mass is 32.1. The van der Waals surface area contributed by atoms with Gasteiger partial charge in [-0.1, -0.05) is 30.3 Å². The molecule has 1 aromatic heterocycles. The van der Waals surface area contributed by atoms with Gasteiger partial charge < -0.3 is 24.8 Å². The Morgan fingerprint density at radius 3 is 2.47 bits per heavy atom. The second kappa shape index (κ2) is 10.3. The van der Waals surface area contributed by atoms with E-state index in [-0.39, 0.29) is 12.4 Å². The molecule has 3 aromatic rings. The summed E-state index contributed by atoms with van der Waals surface area (Å²) >= 11 is 1.62. The van der Waals surface area contributed by atoms with Crippen molar-refractivity contribution in [1.82, 2.24) is 0 Å². The van der Waals surface area contributed by atoms with Crippen molar-refractivity contribution in [2.45, 2.75) is 50.8 Å². The molecule has 5 atom stereocenters. The van der Waals surface area contributed by atoms with Crippen molar-refractivity contribution in [2.24, 2.45) is 0 Å². The maximum absolute atomic E-state index is 13.2. The summed E-state index contributed by atoms with van der Waals surface area (Å²) in [5.41, 5.74) is 3.69. The van der Waals surface area contributed by atoms with Crippen molar-refractivity contribution in [2.75, 3.05) is 6.61 Å². The molecule has 34 heavy (non-hydrogen) atoms. The summed E-state index contributed by atoms with van der Waals surface area (Å²) in [6.45, 7) is 3.01. The van der Waals surface area contributed by atoms with Gasteiger partial charge in [0.1, 0.15) is 42.9 Å². The van der Waals surface area contributed by atoms with Crippen LogP contribution in [0.4, 0.5) is 4.39 Å². The summed E-state index contributed by atoms with van der Waals surface area (Å²) in [5.74, 6) is -0.797.